The molecule has 1 heteroatoms. The summed E-state index contributed by atoms with van der Waals surface area (Å²) in [5.74, 6) is 3.49. The largest absolute Gasteiger partial charge is 0.392 e. The van der Waals surface area contributed by atoms with E-state index < -0.39 is 0 Å². The summed E-state index contributed by atoms with van der Waals surface area (Å²) in [6.45, 7) is 20.4. The Bertz CT molecular complexity index is 777. The molecule has 0 heterocycles. The number of aliphatic hydroxyl groups excluding tert-OH is 1. The minimum absolute atomic E-state index is 0.155. The van der Waals surface area contributed by atoms with Gasteiger partial charge in [-0.1, -0.05) is 73.5 Å². The summed E-state index contributed by atoms with van der Waals surface area (Å²) >= 11 is 0. The molecule has 0 amide bonds. The fourth-order valence-electron chi connectivity index (χ4n) is 11.3. The fraction of sp³-hybridized carbons (Fsp3) is 0.933. The molecule has 9 atom stereocenters. The number of allylic oxidation sites excluding steroid dienone is 1. The van der Waals surface area contributed by atoms with Crippen molar-refractivity contribution >= 4 is 0 Å². The summed E-state index contributed by atoms with van der Waals surface area (Å²) in [5.41, 5.74) is 3.39. The monoisotopic (exact) mass is 426 g/mol. The Labute approximate surface area is 192 Å². The predicted octanol–water partition coefficient (Wildman–Crippen LogP) is 8.02. The molecule has 0 aromatic rings. The Hall–Kier alpha value is -0.300. The average molecular weight is 427 g/mol. The standard InChI is InChI=1S/C30H50O/c1-19(2)20-10-11-23-28(20,6)16-17-30(8)25-21(12-15-29(23,30)7)27(5)14-9-13-26(3,4)24(27)18-22(25)31/h12,19-20,22-25,31H,9-11,13-18H2,1-8H3/t20-,22-,23-,24-,25+,27-,28-,29+,30-/m1/s1. The first-order chi connectivity index (χ1) is 14.3. The third-order valence-corrected chi connectivity index (χ3v) is 13.0. The van der Waals surface area contributed by atoms with E-state index in [0.29, 0.717) is 33.5 Å². The van der Waals surface area contributed by atoms with Crippen molar-refractivity contribution in [2.75, 3.05) is 0 Å². The molecule has 0 bridgehead atoms. The SMILES string of the molecule is CC(C)[C@H]1CC[C@@H]2[C@]1(C)CC[C@]1(C)[C@H]3C(=CC[C@@]21C)[C@@]1(C)CCCC(C)(C)[C@H]1C[C@H]3O. The van der Waals surface area contributed by atoms with Crippen molar-refractivity contribution in [3.63, 3.8) is 0 Å². The van der Waals surface area contributed by atoms with Crippen molar-refractivity contribution in [2.24, 2.45) is 56.7 Å². The molecule has 1 nitrogen and oxygen atoms in total. The second-order valence-corrected chi connectivity index (χ2v) is 14.8. The number of aliphatic hydroxyl groups is 1. The van der Waals surface area contributed by atoms with Gasteiger partial charge in [-0.15, -0.1) is 0 Å². The molecule has 4 fully saturated rings. The average Bonchev–Trinajstić information content (AvgIpc) is 3.03. The molecule has 5 aliphatic rings. The van der Waals surface area contributed by atoms with Gasteiger partial charge in [0, 0.05) is 5.92 Å². The van der Waals surface area contributed by atoms with Crippen LogP contribution in [0.2, 0.25) is 0 Å². The zero-order valence-corrected chi connectivity index (χ0v) is 21.9. The highest BCUT2D eigenvalue weighted by Crippen LogP contribution is 2.76. The molecule has 0 unspecified atom stereocenters. The summed E-state index contributed by atoms with van der Waals surface area (Å²) < 4.78 is 0. The van der Waals surface area contributed by atoms with Crippen molar-refractivity contribution < 1.29 is 5.11 Å². The Morgan fingerprint density at radius 1 is 0.871 bits per heavy atom. The van der Waals surface area contributed by atoms with E-state index in [1.54, 1.807) is 5.57 Å². The van der Waals surface area contributed by atoms with Crippen LogP contribution >= 0.6 is 0 Å². The number of hydrogen-bond donors (Lipinski definition) is 1. The van der Waals surface area contributed by atoms with Crippen LogP contribution in [0.3, 0.4) is 0 Å². The summed E-state index contributed by atoms with van der Waals surface area (Å²) in [7, 11) is 0. The Balaban J connectivity index is 1.59. The van der Waals surface area contributed by atoms with Gasteiger partial charge in [-0.25, -0.2) is 0 Å². The van der Waals surface area contributed by atoms with Crippen molar-refractivity contribution in [3.05, 3.63) is 11.6 Å². The minimum atomic E-state index is -0.155. The molecule has 5 rings (SSSR count). The maximum atomic E-state index is 11.8. The van der Waals surface area contributed by atoms with Crippen LogP contribution in [0.15, 0.2) is 11.6 Å². The van der Waals surface area contributed by atoms with Crippen molar-refractivity contribution in [2.45, 2.75) is 119 Å². The molecule has 0 saturated heterocycles. The molecule has 0 spiro atoms. The highest BCUT2D eigenvalue weighted by molar-refractivity contribution is 5.34. The lowest BCUT2D eigenvalue weighted by Gasteiger charge is -2.69. The van der Waals surface area contributed by atoms with Crippen LogP contribution in [-0.2, 0) is 0 Å². The van der Waals surface area contributed by atoms with E-state index in [-0.39, 0.29) is 11.5 Å². The molecule has 0 aromatic heterocycles. The molecule has 176 valence electrons. The Morgan fingerprint density at radius 3 is 2.26 bits per heavy atom. The topological polar surface area (TPSA) is 20.2 Å². The molecule has 0 radical (unpaired) electrons. The van der Waals surface area contributed by atoms with E-state index in [4.69, 9.17) is 0 Å². The van der Waals surface area contributed by atoms with Gasteiger partial charge in [0.1, 0.15) is 0 Å². The summed E-state index contributed by atoms with van der Waals surface area (Å²) in [6, 6.07) is 0. The molecule has 1 N–H and O–H groups in total. The van der Waals surface area contributed by atoms with E-state index in [2.05, 4.69) is 61.5 Å². The van der Waals surface area contributed by atoms with Crippen LogP contribution in [0.25, 0.3) is 0 Å². The smallest absolute Gasteiger partial charge is 0.0614 e. The lowest BCUT2D eigenvalue weighted by atomic mass is 9.35. The van der Waals surface area contributed by atoms with Crippen LogP contribution in [0, 0.1) is 56.7 Å². The molecule has 4 saturated carbocycles. The normalized spacial score (nSPS) is 55.7. The number of fused-ring (bicyclic) bond motifs is 7. The second-order valence-electron chi connectivity index (χ2n) is 14.8. The lowest BCUT2D eigenvalue weighted by molar-refractivity contribution is -0.183. The summed E-state index contributed by atoms with van der Waals surface area (Å²) in [4.78, 5) is 0. The van der Waals surface area contributed by atoms with Crippen molar-refractivity contribution in [1.29, 1.82) is 0 Å². The second kappa shape index (κ2) is 6.64. The van der Waals surface area contributed by atoms with Gasteiger partial charge in [0.05, 0.1) is 6.10 Å². The van der Waals surface area contributed by atoms with Gasteiger partial charge in [0.25, 0.3) is 0 Å². The van der Waals surface area contributed by atoms with Crippen LogP contribution in [0.1, 0.15) is 113 Å². The van der Waals surface area contributed by atoms with Crippen LogP contribution < -0.4 is 0 Å². The Morgan fingerprint density at radius 2 is 1.58 bits per heavy atom. The molecule has 0 aliphatic heterocycles. The van der Waals surface area contributed by atoms with Gasteiger partial charge in [-0.3, -0.25) is 0 Å². The van der Waals surface area contributed by atoms with Crippen LogP contribution in [-0.4, -0.2) is 11.2 Å². The third kappa shape index (κ3) is 2.65. The molecule has 5 aliphatic carbocycles. The number of hydrogen-bond acceptors (Lipinski definition) is 1. The van der Waals surface area contributed by atoms with Crippen molar-refractivity contribution in [3.8, 4) is 0 Å². The highest BCUT2D eigenvalue weighted by atomic mass is 16.3. The third-order valence-electron chi connectivity index (χ3n) is 13.0. The zero-order chi connectivity index (χ0) is 22.6. The van der Waals surface area contributed by atoms with Gasteiger partial charge >= 0.3 is 0 Å². The fourth-order valence-corrected chi connectivity index (χ4v) is 11.3. The highest BCUT2D eigenvalue weighted by Gasteiger charge is 2.69. The van der Waals surface area contributed by atoms with E-state index in [1.165, 1.54) is 51.4 Å². The van der Waals surface area contributed by atoms with E-state index in [0.717, 1.165) is 24.2 Å². The van der Waals surface area contributed by atoms with Gasteiger partial charge in [-0.05, 0) is 102 Å². The van der Waals surface area contributed by atoms with Crippen LogP contribution in [0.5, 0.6) is 0 Å². The zero-order valence-electron chi connectivity index (χ0n) is 21.9. The minimum Gasteiger partial charge on any atom is -0.392 e. The first-order valence-electron chi connectivity index (χ1n) is 13.7. The van der Waals surface area contributed by atoms with Gasteiger partial charge in [0.2, 0.25) is 0 Å². The maximum Gasteiger partial charge on any atom is 0.0614 e. The maximum absolute atomic E-state index is 11.8. The van der Waals surface area contributed by atoms with E-state index in [9.17, 15) is 5.11 Å². The molecular weight excluding hydrogens is 376 g/mol. The lowest BCUT2D eigenvalue weighted by Crippen LogP contribution is -2.64. The first-order valence-corrected chi connectivity index (χ1v) is 13.7. The Kier molecular flexibility index (Phi) is 4.82. The first kappa shape index (κ1) is 22.5. The predicted molar refractivity (Wildman–Crippen MR) is 131 cm³/mol. The van der Waals surface area contributed by atoms with Gasteiger partial charge in [-0.2, -0.15) is 0 Å². The summed E-state index contributed by atoms with van der Waals surface area (Å²) in [5, 5.41) is 11.8. The van der Waals surface area contributed by atoms with Gasteiger partial charge < -0.3 is 5.11 Å². The number of rotatable bonds is 1. The molecular formula is C30H50O. The van der Waals surface area contributed by atoms with Crippen molar-refractivity contribution in [1.82, 2.24) is 0 Å². The van der Waals surface area contributed by atoms with Gasteiger partial charge in [0.15, 0.2) is 0 Å². The molecule has 31 heavy (non-hydrogen) atoms. The van der Waals surface area contributed by atoms with E-state index in [1.807, 2.05) is 0 Å². The van der Waals surface area contributed by atoms with Crippen LogP contribution in [0.4, 0.5) is 0 Å². The van der Waals surface area contributed by atoms with E-state index >= 15 is 0 Å². The molecule has 0 aromatic carbocycles. The quantitative estimate of drug-likeness (QED) is 0.421. The summed E-state index contributed by atoms with van der Waals surface area (Å²) in [6.07, 6.45) is 14.3.